The van der Waals surface area contributed by atoms with Gasteiger partial charge in [-0.25, -0.2) is 9.78 Å². The number of pyridine rings is 2. The first-order chi connectivity index (χ1) is 31.9. The highest BCUT2D eigenvalue weighted by Crippen LogP contribution is 2.44. The van der Waals surface area contributed by atoms with Gasteiger partial charge in [-0.3, -0.25) is 29.3 Å². The maximum atomic E-state index is 15.0. The van der Waals surface area contributed by atoms with Gasteiger partial charge < -0.3 is 43.0 Å². The molecule has 6 heterocycles. The number of Topliss-reactive ketones (excluding diaryl/α,β-unsaturated/α-hetero) is 1. The first kappa shape index (κ1) is 51.6. The van der Waals surface area contributed by atoms with Crippen molar-refractivity contribution in [2.24, 2.45) is 23.7 Å². The molecule has 3 fully saturated rings. The molecule has 1 N–H and O–H groups in total. The van der Waals surface area contributed by atoms with E-state index in [4.69, 9.17) is 28.4 Å². The summed E-state index contributed by atoms with van der Waals surface area (Å²) in [5.41, 5.74) is -0.541. The van der Waals surface area contributed by atoms with E-state index < -0.39 is 89.7 Å². The first-order valence-electron chi connectivity index (χ1n) is 23.8. The number of aliphatic hydroxyl groups excluding tert-OH is 1. The van der Waals surface area contributed by atoms with Crippen molar-refractivity contribution < 1.29 is 52.7 Å². The van der Waals surface area contributed by atoms with Crippen molar-refractivity contribution in [3.8, 4) is 0 Å². The summed E-state index contributed by atoms with van der Waals surface area (Å²) in [5.74, 6) is -4.91. The third kappa shape index (κ3) is 11.2. The summed E-state index contributed by atoms with van der Waals surface area (Å²) in [6, 6.07) is 5.94. The Morgan fingerprint density at radius 2 is 1.79 bits per heavy atom. The molecule has 0 aliphatic carbocycles. The molecule has 6 rings (SSSR count). The van der Waals surface area contributed by atoms with Gasteiger partial charge in [0.25, 0.3) is 0 Å². The van der Waals surface area contributed by atoms with Gasteiger partial charge in [-0.1, -0.05) is 39.8 Å². The van der Waals surface area contributed by atoms with E-state index in [9.17, 15) is 19.5 Å². The largest absolute Gasteiger partial charge is 0.461 e. The molecule has 17 nitrogen and oxygen atoms in total. The normalized spacial score (nSPS) is 34.3. The van der Waals surface area contributed by atoms with Crippen molar-refractivity contribution in [3.05, 3.63) is 67.5 Å². The second-order valence-electron chi connectivity index (χ2n) is 19.3. The molecule has 1 amide bonds. The van der Waals surface area contributed by atoms with Crippen LogP contribution in [0.25, 0.3) is 11.0 Å². The van der Waals surface area contributed by atoms with Crippen LogP contribution in [-0.2, 0) is 55.8 Å². The molecule has 17 heteroatoms. The number of aryl methyl sites for hydroxylation is 1. The van der Waals surface area contributed by atoms with Gasteiger partial charge in [0.1, 0.15) is 29.6 Å². The minimum atomic E-state index is -1.44. The van der Waals surface area contributed by atoms with E-state index >= 15 is 4.79 Å². The fraction of sp³-hybridized carbons (Fsp3) is 0.660. The van der Waals surface area contributed by atoms with Gasteiger partial charge in [0.2, 0.25) is 0 Å². The number of cyclic esters (lactones) is 1. The minimum absolute atomic E-state index is 0.108. The van der Waals surface area contributed by atoms with Crippen molar-refractivity contribution in [2.75, 3.05) is 27.2 Å². The molecule has 0 saturated carbocycles. The van der Waals surface area contributed by atoms with E-state index in [1.165, 1.54) is 7.11 Å². The van der Waals surface area contributed by atoms with Crippen molar-refractivity contribution in [1.82, 2.24) is 29.3 Å². The lowest BCUT2D eigenvalue weighted by atomic mass is 9.73. The number of aromatic nitrogens is 4. The average Bonchev–Trinajstić information content (AvgIpc) is 3.84. The van der Waals surface area contributed by atoms with Crippen LogP contribution in [0.3, 0.4) is 0 Å². The summed E-state index contributed by atoms with van der Waals surface area (Å²) in [5, 5.41) is 11.9. The van der Waals surface area contributed by atoms with E-state index in [0.29, 0.717) is 38.0 Å². The number of ketones is 1. The van der Waals surface area contributed by atoms with E-state index in [1.807, 2.05) is 50.3 Å². The zero-order valence-electron chi connectivity index (χ0n) is 40.9. The van der Waals surface area contributed by atoms with Crippen LogP contribution in [0.2, 0.25) is 0 Å². The molecule has 0 unspecified atom stereocenters. The summed E-state index contributed by atoms with van der Waals surface area (Å²) >= 11 is 0. The maximum absolute atomic E-state index is 15.0. The summed E-state index contributed by atoms with van der Waals surface area (Å²) in [4.78, 5) is 74.4. The molecule has 3 saturated heterocycles. The molecule has 3 aromatic rings. The van der Waals surface area contributed by atoms with Gasteiger partial charge in [0, 0.05) is 62.9 Å². The predicted octanol–water partition coefficient (Wildman–Crippen LogP) is 5.95. The molecule has 14 atom stereocenters. The van der Waals surface area contributed by atoms with Crippen LogP contribution in [0, 0.1) is 23.7 Å². The van der Waals surface area contributed by atoms with Crippen molar-refractivity contribution >= 4 is 34.8 Å². The Morgan fingerprint density at radius 3 is 2.48 bits per heavy atom. The summed E-state index contributed by atoms with van der Waals surface area (Å²) in [6.07, 6.45) is 4.06. The highest BCUT2D eigenvalue weighted by atomic mass is 16.7. The number of carbonyl (C=O) groups excluding carboxylic acids is 4. The molecular formula is C50H72N6O11. The number of methoxy groups -OCH3 is 1. The zero-order valence-corrected chi connectivity index (χ0v) is 40.9. The van der Waals surface area contributed by atoms with Crippen LogP contribution >= 0.6 is 0 Å². The van der Waals surface area contributed by atoms with E-state index in [0.717, 1.165) is 11.0 Å². The smallest absolute Gasteiger partial charge is 0.410 e. The molecule has 0 radical (unpaired) electrons. The van der Waals surface area contributed by atoms with E-state index in [2.05, 4.69) is 21.5 Å². The number of esters is 2. The lowest BCUT2D eigenvalue weighted by Gasteiger charge is -2.48. The fourth-order valence-corrected chi connectivity index (χ4v) is 10.8. The number of amides is 1. The van der Waals surface area contributed by atoms with Gasteiger partial charge in [0.15, 0.2) is 11.9 Å². The quantitative estimate of drug-likeness (QED) is 0.0813. The van der Waals surface area contributed by atoms with Gasteiger partial charge >= 0.3 is 18.0 Å². The number of aliphatic hydroxyl groups is 1. The molecule has 368 valence electrons. The van der Waals surface area contributed by atoms with E-state index in [1.54, 1.807) is 81.8 Å². The number of unbranched alkanes of at least 4 members (excludes halogenated alkanes) is 1. The Hall–Kier alpha value is -4.81. The fourth-order valence-electron chi connectivity index (χ4n) is 10.8. The van der Waals surface area contributed by atoms with Crippen LogP contribution < -0.4 is 0 Å². The number of hydrogen-bond acceptors (Lipinski definition) is 15. The van der Waals surface area contributed by atoms with Gasteiger partial charge in [-0.15, -0.1) is 6.58 Å². The molecule has 3 aliphatic heterocycles. The average molecular weight is 933 g/mol. The first-order valence-corrected chi connectivity index (χ1v) is 23.8. The Bertz CT molecular complexity index is 2180. The van der Waals surface area contributed by atoms with Crippen LogP contribution in [0.5, 0.6) is 0 Å². The number of likely N-dealkylation sites (N-methyl/N-ethyl adjacent to an activating group) is 1. The van der Waals surface area contributed by atoms with Crippen molar-refractivity contribution in [3.63, 3.8) is 0 Å². The predicted molar refractivity (Wildman–Crippen MR) is 248 cm³/mol. The Morgan fingerprint density at radius 1 is 1.04 bits per heavy atom. The Balaban J connectivity index is 1.37. The molecule has 67 heavy (non-hydrogen) atoms. The summed E-state index contributed by atoms with van der Waals surface area (Å²) < 4.78 is 40.7. The van der Waals surface area contributed by atoms with Gasteiger partial charge in [-0.2, -0.15) is 0 Å². The lowest BCUT2D eigenvalue weighted by molar-refractivity contribution is -0.302. The van der Waals surface area contributed by atoms with Crippen LogP contribution in [0.4, 0.5) is 4.79 Å². The molecule has 0 spiro atoms. The van der Waals surface area contributed by atoms with Crippen LogP contribution in [0.15, 0.2) is 61.8 Å². The highest BCUT2D eigenvalue weighted by Gasteiger charge is 2.60. The summed E-state index contributed by atoms with van der Waals surface area (Å²) in [7, 11) is 3.42. The number of imidazole rings is 1. The number of fused-ring (bicyclic) bond motifs is 2. The second-order valence-corrected chi connectivity index (χ2v) is 19.3. The standard InChI is InChI=1S/C50H72N6O11/c1-12-22-54(10)38-25-31(4)63-47(42(38)59)66-45-33(6)43(65-40(57)26-35-18-14-15-20-52-35)34(7)46(60)64-39(13-2)50(9)44(32(5)41(58)30(3)27-49(45,8)62-11)56(48(61)67-50)24-17-16-23-55-29-53-36-28-51-21-19-37(36)55/h12,14-15,18-21,28-34,38-39,42-45,47,59H,1,13,16-17,22-27H2,2-11H3/t30-,31-,32+,33+,34-,38+,39-,42-,43+,44-,45-,47+,49-,50-/m1/s1. The Kier molecular flexibility index (Phi) is 17.0. The Labute approximate surface area is 394 Å². The molecular weight excluding hydrogens is 861 g/mol. The van der Waals surface area contributed by atoms with E-state index in [-0.39, 0.29) is 43.7 Å². The molecule has 3 aliphatic rings. The second kappa shape index (κ2) is 22.1. The number of carbonyl (C=O) groups is 4. The SMILES string of the molecule is C=CCN(C)[C@H]1C[C@@H](C)O[C@@H](O[C@@H]2[C@@H](C)[C@H](OC(=O)Cc3ccccn3)[C@@H](C)C(=O)O[C@H](CC)[C@@]3(C)OC(=O)N(CCCCn4cnc5cnccc54)[C@@H]3[C@@H](C)C(=O)[C@H](C)C[C@@]2(C)OC)[C@@H]1O. The topological polar surface area (TPSA) is 194 Å². The number of rotatable bonds is 15. The van der Waals surface area contributed by atoms with Crippen LogP contribution in [-0.4, -0.2) is 146 Å². The molecule has 0 bridgehead atoms. The number of nitrogens with zero attached hydrogens (tertiary/aromatic N) is 6. The van der Waals surface area contributed by atoms with Crippen LogP contribution in [0.1, 0.15) is 93.2 Å². The zero-order chi connectivity index (χ0) is 48.8. The van der Waals surface area contributed by atoms with Crippen molar-refractivity contribution in [1.29, 1.82) is 0 Å². The summed E-state index contributed by atoms with van der Waals surface area (Å²) in [6.45, 7) is 19.7. The third-order valence-electron chi connectivity index (χ3n) is 14.4. The monoisotopic (exact) mass is 933 g/mol. The number of ether oxygens (including phenoxy) is 6. The maximum Gasteiger partial charge on any atom is 0.410 e. The lowest BCUT2D eigenvalue weighted by Crippen LogP contribution is -2.61. The minimum Gasteiger partial charge on any atom is -0.461 e. The van der Waals surface area contributed by atoms with Gasteiger partial charge in [-0.05, 0) is 85.0 Å². The molecule has 3 aromatic heterocycles. The molecule has 0 aromatic carbocycles. The highest BCUT2D eigenvalue weighted by molar-refractivity contribution is 5.85. The van der Waals surface area contributed by atoms with Gasteiger partial charge in [0.05, 0.1) is 59.9 Å². The third-order valence-corrected chi connectivity index (χ3v) is 14.4. The number of hydrogen-bond donors (Lipinski definition) is 1. The van der Waals surface area contributed by atoms with Crippen molar-refractivity contribution in [2.45, 2.75) is 161 Å².